The third-order valence-corrected chi connectivity index (χ3v) is 2.49. The van der Waals surface area contributed by atoms with Crippen LogP contribution < -0.4 is 5.73 Å². The highest BCUT2D eigenvalue weighted by atomic mass is 16.4. The van der Waals surface area contributed by atoms with E-state index in [-0.39, 0.29) is 22.3 Å². The Bertz CT molecular complexity index is 774. The molecular weight excluding hydrogens is 262 g/mol. The highest BCUT2D eigenvalue weighted by Crippen LogP contribution is 2.19. The molecule has 0 saturated heterocycles. The molecule has 1 amide bonds. The number of hydrogen-bond acceptors (Lipinski definition) is 5. The van der Waals surface area contributed by atoms with E-state index in [1.54, 1.807) is 0 Å². The average molecular weight is 271 g/mol. The summed E-state index contributed by atoms with van der Waals surface area (Å²) in [6.07, 6.45) is 2.65. The van der Waals surface area contributed by atoms with Gasteiger partial charge in [0.1, 0.15) is 6.61 Å². The van der Waals surface area contributed by atoms with Crippen molar-refractivity contribution in [1.29, 1.82) is 0 Å². The first-order valence-corrected chi connectivity index (χ1v) is 5.46. The van der Waals surface area contributed by atoms with Crippen molar-refractivity contribution in [2.45, 2.75) is 0 Å². The molecule has 4 N–H and O–H groups in total. The number of nitrogens with two attached hydrogens (primary N) is 1. The van der Waals surface area contributed by atoms with E-state index in [1.165, 1.54) is 18.5 Å². The van der Waals surface area contributed by atoms with Crippen molar-refractivity contribution in [3.8, 4) is 11.8 Å². The third kappa shape index (κ3) is 2.41. The molecule has 0 unspecified atom stereocenters. The minimum atomic E-state index is -1.29. The Morgan fingerprint density at radius 3 is 2.70 bits per heavy atom. The number of nitrogens with zero attached hydrogens (tertiary/aromatic N) is 2. The zero-order valence-electron chi connectivity index (χ0n) is 10.1. The lowest BCUT2D eigenvalue weighted by molar-refractivity contribution is 0.0690. The van der Waals surface area contributed by atoms with Gasteiger partial charge in [0.2, 0.25) is 0 Å². The molecular formula is C13H9N3O4. The molecule has 0 radical (unpaired) electrons. The molecule has 0 aliphatic heterocycles. The Kier molecular flexibility index (Phi) is 3.59. The van der Waals surface area contributed by atoms with E-state index in [1.807, 2.05) is 0 Å². The van der Waals surface area contributed by atoms with Gasteiger partial charge in [0.25, 0.3) is 5.91 Å². The number of amides is 1. The second kappa shape index (κ2) is 5.34. The second-order valence-corrected chi connectivity index (χ2v) is 3.77. The Hall–Kier alpha value is -2.98. The minimum Gasteiger partial charge on any atom is -0.476 e. The summed E-state index contributed by atoms with van der Waals surface area (Å²) in [4.78, 5) is 30.2. The van der Waals surface area contributed by atoms with Gasteiger partial charge in [0, 0.05) is 17.8 Å². The fourth-order valence-electron chi connectivity index (χ4n) is 1.67. The number of aliphatic hydroxyl groups excluding tert-OH is 1. The van der Waals surface area contributed by atoms with Crippen LogP contribution in [0.2, 0.25) is 0 Å². The van der Waals surface area contributed by atoms with Gasteiger partial charge in [0.05, 0.1) is 16.6 Å². The smallest absolute Gasteiger partial charge is 0.355 e. The molecule has 100 valence electrons. The quantitative estimate of drug-likeness (QED) is 0.647. The van der Waals surface area contributed by atoms with Crippen molar-refractivity contribution in [3.05, 3.63) is 35.3 Å². The summed E-state index contributed by atoms with van der Waals surface area (Å²) in [5.74, 6) is 2.81. The molecule has 2 rings (SSSR count). The summed E-state index contributed by atoms with van der Waals surface area (Å²) in [6.45, 7) is -0.406. The number of carbonyl (C=O) groups excluding carboxylic acids is 1. The molecule has 0 bridgehead atoms. The molecule has 0 saturated carbocycles. The number of fused-ring (bicyclic) bond motifs is 1. The molecule has 0 atom stereocenters. The molecule has 0 spiro atoms. The molecule has 7 nitrogen and oxygen atoms in total. The second-order valence-electron chi connectivity index (χ2n) is 3.77. The Labute approximate surface area is 113 Å². The number of pyridine rings is 2. The van der Waals surface area contributed by atoms with E-state index in [2.05, 4.69) is 21.8 Å². The Balaban J connectivity index is 2.81. The van der Waals surface area contributed by atoms with Crippen LogP contribution >= 0.6 is 0 Å². The molecule has 20 heavy (non-hydrogen) atoms. The van der Waals surface area contributed by atoms with Gasteiger partial charge >= 0.3 is 5.97 Å². The number of hydrogen-bond donors (Lipinski definition) is 3. The lowest BCUT2D eigenvalue weighted by Crippen LogP contribution is -2.14. The zero-order valence-corrected chi connectivity index (χ0v) is 10.1. The van der Waals surface area contributed by atoms with Crippen LogP contribution in [0.4, 0.5) is 0 Å². The van der Waals surface area contributed by atoms with Gasteiger partial charge in [-0.05, 0) is 6.07 Å². The lowest BCUT2D eigenvalue weighted by atomic mass is 10.1. The summed E-state index contributed by atoms with van der Waals surface area (Å²) in [6, 6.07) is 1.44. The van der Waals surface area contributed by atoms with E-state index in [4.69, 9.17) is 15.9 Å². The van der Waals surface area contributed by atoms with Crippen molar-refractivity contribution in [2.24, 2.45) is 5.73 Å². The monoisotopic (exact) mass is 271 g/mol. The van der Waals surface area contributed by atoms with Crippen molar-refractivity contribution in [3.63, 3.8) is 0 Å². The highest BCUT2D eigenvalue weighted by Gasteiger charge is 2.16. The number of carbonyl (C=O) groups is 2. The van der Waals surface area contributed by atoms with Crippen LogP contribution in [0.15, 0.2) is 18.5 Å². The SMILES string of the molecule is NC(=O)c1cncc2cc(C#CCO)c(C(=O)O)nc12. The van der Waals surface area contributed by atoms with E-state index >= 15 is 0 Å². The van der Waals surface area contributed by atoms with E-state index in [0.717, 1.165) is 0 Å². The maximum absolute atomic E-state index is 11.3. The number of primary amides is 1. The van der Waals surface area contributed by atoms with Crippen LogP contribution in [0, 0.1) is 11.8 Å². The summed E-state index contributed by atoms with van der Waals surface area (Å²) in [5.41, 5.74) is 5.20. The van der Waals surface area contributed by atoms with Gasteiger partial charge in [-0.15, -0.1) is 0 Å². The van der Waals surface area contributed by atoms with Gasteiger partial charge in [-0.25, -0.2) is 9.78 Å². The Morgan fingerprint density at radius 1 is 1.35 bits per heavy atom. The van der Waals surface area contributed by atoms with Crippen LogP contribution in [0.5, 0.6) is 0 Å². The summed E-state index contributed by atoms with van der Waals surface area (Å²) < 4.78 is 0. The van der Waals surface area contributed by atoms with E-state index in [0.29, 0.717) is 5.39 Å². The summed E-state index contributed by atoms with van der Waals surface area (Å²) in [5, 5.41) is 18.2. The van der Waals surface area contributed by atoms with E-state index < -0.39 is 18.5 Å². The molecule has 7 heteroatoms. The molecule has 0 fully saturated rings. The number of aromatic nitrogens is 2. The van der Waals surface area contributed by atoms with Gasteiger partial charge in [-0.3, -0.25) is 9.78 Å². The minimum absolute atomic E-state index is 0.0340. The normalized spacial score (nSPS) is 9.85. The Morgan fingerprint density at radius 2 is 2.10 bits per heavy atom. The maximum Gasteiger partial charge on any atom is 0.355 e. The molecule has 0 aromatic carbocycles. The maximum atomic E-state index is 11.3. The third-order valence-electron chi connectivity index (χ3n) is 2.49. The van der Waals surface area contributed by atoms with Crippen LogP contribution in [0.1, 0.15) is 26.4 Å². The number of aromatic carboxylic acids is 1. The van der Waals surface area contributed by atoms with Crippen LogP contribution in [0.3, 0.4) is 0 Å². The molecule has 2 aromatic heterocycles. The highest BCUT2D eigenvalue weighted by molar-refractivity contribution is 6.05. The standard InChI is InChI=1S/C13H9N3O4/c14-12(18)9-6-15-5-8-4-7(2-1-3-17)11(13(19)20)16-10(8)9/h4-6,17H,3H2,(H2,14,18)(H,19,20). The van der Waals surface area contributed by atoms with Crippen LogP contribution in [-0.4, -0.2) is 38.7 Å². The topological polar surface area (TPSA) is 126 Å². The fourth-order valence-corrected chi connectivity index (χ4v) is 1.67. The van der Waals surface area contributed by atoms with Gasteiger partial charge < -0.3 is 15.9 Å². The van der Waals surface area contributed by atoms with E-state index in [9.17, 15) is 9.59 Å². The van der Waals surface area contributed by atoms with Gasteiger partial charge in [-0.1, -0.05) is 11.8 Å². The number of aliphatic hydroxyl groups is 1. The predicted octanol–water partition coefficient (Wildman–Crippen LogP) is -0.229. The first-order valence-electron chi connectivity index (χ1n) is 5.46. The predicted molar refractivity (Wildman–Crippen MR) is 69.0 cm³/mol. The number of rotatable bonds is 2. The number of carboxylic acids is 1. The van der Waals surface area contributed by atoms with Crippen molar-refractivity contribution in [1.82, 2.24) is 9.97 Å². The lowest BCUT2D eigenvalue weighted by Gasteiger charge is -2.05. The van der Waals surface area contributed by atoms with Crippen molar-refractivity contribution in [2.75, 3.05) is 6.61 Å². The van der Waals surface area contributed by atoms with Gasteiger partial charge in [0.15, 0.2) is 5.69 Å². The number of carboxylic acid groups (broad SMARTS) is 1. The van der Waals surface area contributed by atoms with Crippen molar-refractivity contribution < 1.29 is 19.8 Å². The van der Waals surface area contributed by atoms with Gasteiger partial charge in [-0.2, -0.15) is 0 Å². The average Bonchev–Trinajstić information content (AvgIpc) is 2.42. The zero-order chi connectivity index (χ0) is 14.7. The summed E-state index contributed by atoms with van der Waals surface area (Å²) >= 11 is 0. The molecule has 2 heterocycles. The fraction of sp³-hybridized carbons (Fsp3) is 0.0769. The first-order chi connectivity index (χ1) is 9.54. The molecule has 2 aromatic rings. The summed E-state index contributed by atoms with van der Waals surface area (Å²) in [7, 11) is 0. The van der Waals surface area contributed by atoms with Crippen molar-refractivity contribution >= 4 is 22.8 Å². The van der Waals surface area contributed by atoms with Crippen LogP contribution in [-0.2, 0) is 0 Å². The largest absolute Gasteiger partial charge is 0.476 e. The molecule has 0 aliphatic carbocycles. The van der Waals surface area contributed by atoms with Crippen LogP contribution in [0.25, 0.3) is 10.9 Å². The first kappa shape index (κ1) is 13.5. The molecule has 0 aliphatic rings.